The summed E-state index contributed by atoms with van der Waals surface area (Å²) in [7, 11) is 1.53. The highest BCUT2D eigenvalue weighted by Gasteiger charge is 2.21. The number of carbonyl (C=O) groups excluding carboxylic acids is 1. The molecule has 0 aliphatic heterocycles. The summed E-state index contributed by atoms with van der Waals surface area (Å²) < 4.78 is 33.4. The lowest BCUT2D eigenvalue weighted by Crippen LogP contribution is -2.19. The molecule has 3 aromatic heterocycles. The van der Waals surface area contributed by atoms with E-state index in [1.165, 1.54) is 24.7 Å². The maximum atomic E-state index is 13.7. The van der Waals surface area contributed by atoms with Crippen molar-refractivity contribution in [3.63, 3.8) is 0 Å². The molecule has 1 unspecified atom stereocenters. The summed E-state index contributed by atoms with van der Waals surface area (Å²) in [6, 6.07) is 3.99. The molecule has 0 spiro atoms. The summed E-state index contributed by atoms with van der Waals surface area (Å²) in [6.45, 7) is 1.38. The van der Waals surface area contributed by atoms with Gasteiger partial charge >= 0.3 is 6.09 Å². The molecule has 0 aromatic carbocycles. The van der Waals surface area contributed by atoms with Crippen molar-refractivity contribution in [3.05, 3.63) is 46.9 Å². The molecule has 1 amide bonds. The fraction of sp³-hybridized carbons (Fsp3) is 0.188. The maximum Gasteiger partial charge on any atom is 0.413 e. The van der Waals surface area contributed by atoms with Crippen molar-refractivity contribution in [2.45, 2.75) is 13.0 Å². The molecule has 13 heteroatoms. The van der Waals surface area contributed by atoms with Gasteiger partial charge in [-0.2, -0.15) is 4.39 Å². The lowest BCUT2D eigenvalue weighted by molar-refractivity contribution is 0.118. The first-order valence-corrected chi connectivity index (χ1v) is 8.24. The van der Waals surface area contributed by atoms with Crippen molar-refractivity contribution in [1.82, 2.24) is 25.0 Å². The fourth-order valence-corrected chi connectivity index (χ4v) is 2.47. The van der Waals surface area contributed by atoms with Gasteiger partial charge in [0.25, 0.3) is 0 Å². The zero-order chi connectivity index (χ0) is 20.4. The van der Waals surface area contributed by atoms with E-state index in [1.54, 1.807) is 6.07 Å². The van der Waals surface area contributed by atoms with Gasteiger partial charge in [-0.1, -0.05) is 16.8 Å². The summed E-state index contributed by atoms with van der Waals surface area (Å²) in [5, 5.41) is 10.3. The van der Waals surface area contributed by atoms with Crippen molar-refractivity contribution in [2.24, 2.45) is 7.05 Å². The van der Waals surface area contributed by atoms with Crippen molar-refractivity contribution in [2.75, 3.05) is 11.1 Å². The zero-order valence-electron chi connectivity index (χ0n) is 15.1. The minimum Gasteiger partial charge on any atom is -0.441 e. The molecule has 0 fully saturated rings. The highest BCUT2D eigenvalue weighted by atomic mass is 35.5. The molecule has 9 nitrogen and oxygen atoms in total. The van der Waals surface area contributed by atoms with Gasteiger partial charge in [0.1, 0.15) is 11.9 Å². The fourth-order valence-electron chi connectivity index (χ4n) is 2.32. The molecule has 3 heterocycles. The van der Waals surface area contributed by atoms with Crippen molar-refractivity contribution >= 4 is 41.6 Å². The van der Waals surface area contributed by atoms with Crippen LogP contribution in [0.3, 0.4) is 0 Å². The predicted molar refractivity (Wildman–Crippen MR) is 104 cm³/mol. The topological polar surface area (TPSA) is 121 Å². The van der Waals surface area contributed by atoms with Gasteiger partial charge < -0.3 is 10.5 Å². The van der Waals surface area contributed by atoms with Crippen LogP contribution in [0, 0.1) is 11.8 Å². The van der Waals surface area contributed by atoms with Crippen LogP contribution in [-0.2, 0) is 11.8 Å². The van der Waals surface area contributed by atoms with E-state index < -0.39 is 24.0 Å². The van der Waals surface area contributed by atoms with Crippen LogP contribution in [0.4, 0.5) is 25.1 Å². The molecule has 0 bridgehead atoms. The average molecular weight is 446 g/mol. The molecule has 3 N–H and O–H groups in total. The first-order chi connectivity index (χ1) is 13.3. The quantitative estimate of drug-likeness (QED) is 0.589. The first kappa shape index (κ1) is 22.2. The zero-order valence-corrected chi connectivity index (χ0v) is 16.6. The molecule has 3 aromatic rings. The number of anilines is 2. The summed E-state index contributed by atoms with van der Waals surface area (Å²) in [5.41, 5.74) is 6.24. The highest BCUT2D eigenvalue weighted by Crippen LogP contribution is 2.27. The predicted octanol–water partition coefficient (Wildman–Crippen LogP) is 3.52. The Labute approximate surface area is 174 Å². The Balaban J connectivity index is 0.00000300. The standard InChI is InChI=1S/C16H14ClF2N7O2.ClH/c1-7(9-5-8(18)6-21-14(9)19)28-16(27)23-15-12(24-25-26(15)2)11-4-3-10(20)13(17)22-11;/h3-7H,20H2,1-2H3,(H,23,27);1H. The number of pyridine rings is 2. The molecule has 0 saturated heterocycles. The third-order valence-corrected chi connectivity index (χ3v) is 4.02. The van der Waals surface area contributed by atoms with Gasteiger partial charge in [0.2, 0.25) is 5.95 Å². The molecule has 29 heavy (non-hydrogen) atoms. The second kappa shape index (κ2) is 8.97. The second-order valence-corrected chi connectivity index (χ2v) is 6.05. The minimum absolute atomic E-state index is 0. The molecule has 154 valence electrons. The van der Waals surface area contributed by atoms with E-state index in [0.717, 1.165) is 12.3 Å². The third-order valence-electron chi connectivity index (χ3n) is 3.72. The first-order valence-electron chi connectivity index (χ1n) is 7.87. The number of nitrogens with one attached hydrogen (secondary N) is 1. The Hall–Kier alpha value is -3.05. The number of aryl methyl sites for hydroxylation is 1. The Morgan fingerprint density at radius 3 is 2.79 bits per heavy atom. The van der Waals surface area contributed by atoms with E-state index in [9.17, 15) is 13.6 Å². The second-order valence-electron chi connectivity index (χ2n) is 5.69. The molecular weight excluding hydrogens is 431 g/mol. The largest absolute Gasteiger partial charge is 0.441 e. The molecular formula is C16H15Cl2F2N7O2. The number of ether oxygens (including phenoxy) is 1. The van der Waals surface area contributed by atoms with Gasteiger partial charge in [-0.25, -0.2) is 23.8 Å². The molecule has 0 aliphatic rings. The van der Waals surface area contributed by atoms with Gasteiger partial charge in [0.05, 0.1) is 23.1 Å². The number of hydrogen-bond donors (Lipinski definition) is 2. The van der Waals surface area contributed by atoms with Crippen molar-refractivity contribution in [3.8, 4) is 11.4 Å². The summed E-state index contributed by atoms with van der Waals surface area (Å²) >= 11 is 5.92. The SMILES string of the molecule is CC(OC(=O)Nc1c(-c2ccc(N)c(Cl)n2)nnn1C)c1cc(F)cnc1F.Cl. The molecule has 0 aliphatic carbocycles. The number of halogens is 4. The van der Waals surface area contributed by atoms with E-state index in [0.29, 0.717) is 5.69 Å². The summed E-state index contributed by atoms with van der Waals surface area (Å²) in [6.07, 6.45) is -1.31. The number of amides is 1. The van der Waals surface area contributed by atoms with E-state index in [-0.39, 0.29) is 40.3 Å². The lowest BCUT2D eigenvalue weighted by Gasteiger charge is -2.15. The number of aromatic nitrogens is 5. The maximum absolute atomic E-state index is 13.7. The Morgan fingerprint density at radius 2 is 2.10 bits per heavy atom. The monoisotopic (exact) mass is 445 g/mol. The van der Waals surface area contributed by atoms with Gasteiger partial charge in [0, 0.05) is 7.05 Å². The van der Waals surface area contributed by atoms with Crippen LogP contribution in [0.2, 0.25) is 5.15 Å². The van der Waals surface area contributed by atoms with E-state index in [2.05, 4.69) is 25.6 Å². The Kier molecular flexibility index (Phi) is 6.88. The number of carbonyl (C=O) groups is 1. The summed E-state index contributed by atoms with van der Waals surface area (Å²) in [5.74, 6) is -1.54. The third kappa shape index (κ3) is 4.87. The number of nitrogens with zero attached hydrogens (tertiary/aromatic N) is 5. The average Bonchev–Trinajstić information content (AvgIpc) is 3.00. The normalized spacial score (nSPS) is 11.5. The minimum atomic E-state index is -1.10. The molecule has 0 saturated carbocycles. The van der Waals surface area contributed by atoms with Crippen LogP contribution >= 0.6 is 24.0 Å². The smallest absolute Gasteiger partial charge is 0.413 e. The van der Waals surface area contributed by atoms with Crippen molar-refractivity contribution < 1.29 is 18.3 Å². The Morgan fingerprint density at radius 1 is 1.38 bits per heavy atom. The van der Waals surface area contributed by atoms with Crippen LogP contribution < -0.4 is 11.1 Å². The number of nitrogens with two attached hydrogens (primary N) is 1. The highest BCUT2D eigenvalue weighted by molar-refractivity contribution is 6.31. The van der Waals surface area contributed by atoms with Crippen LogP contribution in [-0.4, -0.2) is 31.1 Å². The van der Waals surface area contributed by atoms with E-state index >= 15 is 0 Å². The van der Waals surface area contributed by atoms with Crippen LogP contribution in [0.5, 0.6) is 0 Å². The molecule has 0 radical (unpaired) electrons. The van der Waals surface area contributed by atoms with E-state index in [1.807, 2.05) is 0 Å². The van der Waals surface area contributed by atoms with Crippen LogP contribution in [0.1, 0.15) is 18.6 Å². The van der Waals surface area contributed by atoms with Gasteiger partial charge in [-0.3, -0.25) is 5.32 Å². The van der Waals surface area contributed by atoms with Crippen LogP contribution in [0.25, 0.3) is 11.4 Å². The van der Waals surface area contributed by atoms with Crippen molar-refractivity contribution in [1.29, 1.82) is 0 Å². The van der Waals surface area contributed by atoms with Gasteiger partial charge in [-0.15, -0.1) is 17.5 Å². The lowest BCUT2D eigenvalue weighted by atomic mass is 10.2. The molecule has 3 rings (SSSR count). The number of hydrogen-bond acceptors (Lipinski definition) is 7. The van der Waals surface area contributed by atoms with Crippen LogP contribution in [0.15, 0.2) is 24.4 Å². The Bertz CT molecular complexity index is 1050. The molecule has 1 atom stereocenters. The summed E-state index contributed by atoms with van der Waals surface area (Å²) in [4.78, 5) is 19.6. The van der Waals surface area contributed by atoms with Gasteiger partial charge in [0.15, 0.2) is 16.7 Å². The van der Waals surface area contributed by atoms with Gasteiger partial charge in [-0.05, 0) is 25.1 Å². The van der Waals surface area contributed by atoms with E-state index in [4.69, 9.17) is 22.1 Å². The number of rotatable bonds is 4. The number of nitrogen functional groups attached to an aromatic ring is 1.